The van der Waals surface area contributed by atoms with Crippen molar-refractivity contribution in [2.45, 2.75) is 6.92 Å². The molecule has 0 aliphatic carbocycles. The number of hydrogen-bond acceptors (Lipinski definition) is 8. The molecule has 0 spiro atoms. The standard InChI is InChI=1S/C23H16N2O6S2/c1-2-30-22(27)15-8-6-14(7-9-15)19-11-10-18(31-19)13-20-21(26)24(23(32)33-20)16-4-3-5-17(12-16)25(28)29/h3-13H,2H2,1H3/b20-13-. The Morgan fingerprint density at radius 2 is 1.97 bits per heavy atom. The predicted octanol–water partition coefficient (Wildman–Crippen LogP) is 5.44. The van der Waals surface area contributed by atoms with Gasteiger partial charge in [-0.15, -0.1) is 0 Å². The summed E-state index contributed by atoms with van der Waals surface area (Å²) in [4.78, 5) is 36.8. The van der Waals surface area contributed by atoms with Crippen molar-refractivity contribution in [3.8, 4) is 11.3 Å². The first-order chi connectivity index (χ1) is 15.9. The van der Waals surface area contributed by atoms with Crippen LogP contribution in [0.25, 0.3) is 17.4 Å². The van der Waals surface area contributed by atoms with Gasteiger partial charge >= 0.3 is 5.97 Å². The zero-order valence-corrected chi connectivity index (χ0v) is 18.9. The fraction of sp³-hybridized carbons (Fsp3) is 0.0870. The second kappa shape index (κ2) is 9.39. The van der Waals surface area contributed by atoms with E-state index < -0.39 is 10.9 Å². The molecule has 1 fully saturated rings. The average molecular weight is 481 g/mol. The molecule has 0 saturated carbocycles. The lowest BCUT2D eigenvalue weighted by molar-refractivity contribution is -0.384. The van der Waals surface area contributed by atoms with Gasteiger partial charge in [0.05, 0.1) is 27.7 Å². The number of benzene rings is 2. The van der Waals surface area contributed by atoms with Gasteiger partial charge in [0.25, 0.3) is 11.6 Å². The van der Waals surface area contributed by atoms with Crippen LogP contribution in [0.4, 0.5) is 11.4 Å². The lowest BCUT2D eigenvalue weighted by Crippen LogP contribution is -2.27. The van der Waals surface area contributed by atoms with Gasteiger partial charge in [-0.05, 0) is 37.3 Å². The van der Waals surface area contributed by atoms with E-state index in [-0.39, 0.29) is 15.9 Å². The molecule has 166 valence electrons. The van der Waals surface area contributed by atoms with Crippen molar-refractivity contribution in [1.82, 2.24) is 0 Å². The van der Waals surface area contributed by atoms with Crippen LogP contribution in [-0.4, -0.2) is 27.7 Å². The minimum Gasteiger partial charge on any atom is -0.462 e. The lowest BCUT2D eigenvalue weighted by Gasteiger charge is -2.13. The number of furan rings is 1. The zero-order valence-electron chi connectivity index (χ0n) is 17.2. The molecule has 1 saturated heterocycles. The van der Waals surface area contributed by atoms with Gasteiger partial charge in [-0.3, -0.25) is 19.8 Å². The lowest BCUT2D eigenvalue weighted by atomic mass is 10.1. The molecule has 0 atom stereocenters. The van der Waals surface area contributed by atoms with Crippen LogP contribution in [0.5, 0.6) is 0 Å². The van der Waals surface area contributed by atoms with E-state index in [2.05, 4.69) is 0 Å². The van der Waals surface area contributed by atoms with Crippen LogP contribution in [0.2, 0.25) is 0 Å². The quantitative estimate of drug-likeness (QED) is 0.151. The van der Waals surface area contributed by atoms with Crippen molar-refractivity contribution >= 4 is 57.6 Å². The number of anilines is 1. The predicted molar refractivity (Wildman–Crippen MR) is 129 cm³/mol. The smallest absolute Gasteiger partial charge is 0.338 e. The Kier molecular flexibility index (Phi) is 6.38. The number of amides is 1. The van der Waals surface area contributed by atoms with Gasteiger partial charge in [-0.1, -0.05) is 42.2 Å². The Morgan fingerprint density at radius 3 is 2.67 bits per heavy atom. The highest BCUT2D eigenvalue weighted by molar-refractivity contribution is 8.27. The number of nitro benzene ring substituents is 1. The molecular weight excluding hydrogens is 464 g/mol. The van der Waals surface area contributed by atoms with Gasteiger partial charge in [0.2, 0.25) is 0 Å². The van der Waals surface area contributed by atoms with Gasteiger partial charge in [0.15, 0.2) is 4.32 Å². The second-order valence-electron chi connectivity index (χ2n) is 6.79. The molecule has 1 amide bonds. The molecule has 0 bridgehead atoms. The number of thioether (sulfide) groups is 1. The van der Waals surface area contributed by atoms with Crippen molar-refractivity contribution in [3.63, 3.8) is 0 Å². The van der Waals surface area contributed by atoms with E-state index >= 15 is 0 Å². The van der Waals surface area contributed by atoms with Crippen LogP contribution < -0.4 is 4.90 Å². The van der Waals surface area contributed by atoms with Gasteiger partial charge < -0.3 is 9.15 Å². The first-order valence-corrected chi connectivity index (χ1v) is 11.0. The van der Waals surface area contributed by atoms with E-state index in [0.29, 0.717) is 34.3 Å². The number of carbonyl (C=O) groups excluding carboxylic acids is 2. The Balaban J connectivity index is 1.54. The Hall–Kier alpha value is -3.76. The summed E-state index contributed by atoms with van der Waals surface area (Å²) in [7, 11) is 0. The SMILES string of the molecule is CCOC(=O)c1ccc(-c2ccc(/C=C3\SC(=S)N(c4cccc([N+](=O)[O-])c4)C3=O)o2)cc1. The summed E-state index contributed by atoms with van der Waals surface area (Å²) in [5, 5.41) is 11.1. The highest BCUT2D eigenvalue weighted by Crippen LogP contribution is 2.37. The molecule has 2 aromatic carbocycles. The Morgan fingerprint density at radius 1 is 1.21 bits per heavy atom. The first kappa shape index (κ1) is 22.4. The van der Waals surface area contributed by atoms with Gasteiger partial charge in [0, 0.05) is 23.8 Å². The number of rotatable bonds is 6. The van der Waals surface area contributed by atoms with Gasteiger partial charge in [0.1, 0.15) is 11.5 Å². The molecule has 1 aliphatic rings. The molecule has 3 aromatic rings. The number of non-ortho nitro benzene ring substituents is 1. The molecule has 0 N–H and O–H groups in total. The molecule has 2 heterocycles. The first-order valence-electron chi connectivity index (χ1n) is 9.77. The average Bonchev–Trinajstić information content (AvgIpc) is 3.38. The van der Waals surface area contributed by atoms with Crippen LogP contribution in [0.1, 0.15) is 23.0 Å². The molecule has 4 rings (SSSR count). The van der Waals surface area contributed by atoms with Crippen molar-refractivity contribution in [3.05, 3.63) is 87.0 Å². The summed E-state index contributed by atoms with van der Waals surface area (Å²) in [5.41, 5.74) is 1.40. The molecule has 1 aromatic heterocycles. The Bertz CT molecular complexity index is 1300. The number of hydrogen-bond donors (Lipinski definition) is 0. The zero-order chi connectivity index (χ0) is 23.5. The third-order valence-corrected chi connectivity index (χ3v) is 5.98. The van der Waals surface area contributed by atoms with E-state index in [4.69, 9.17) is 21.4 Å². The maximum absolute atomic E-state index is 12.9. The molecule has 0 unspecified atom stereocenters. The Labute approximate surface area is 198 Å². The number of ether oxygens (including phenoxy) is 1. The van der Waals surface area contributed by atoms with E-state index in [1.807, 2.05) is 0 Å². The highest BCUT2D eigenvalue weighted by Gasteiger charge is 2.34. The molecular formula is C23H16N2O6S2. The van der Waals surface area contributed by atoms with Gasteiger partial charge in [-0.25, -0.2) is 4.79 Å². The monoisotopic (exact) mass is 480 g/mol. The third kappa shape index (κ3) is 4.71. The number of nitro groups is 1. The molecule has 0 radical (unpaired) electrons. The van der Waals surface area contributed by atoms with Crippen LogP contribution in [0.3, 0.4) is 0 Å². The summed E-state index contributed by atoms with van der Waals surface area (Å²) in [6.07, 6.45) is 1.58. The third-order valence-electron chi connectivity index (χ3n) is 4.67. The fourth-order valence-electron chi connectivity index (χ4n) is 3.14. The minimum absolute atomic E-state index is 0.129. The molecule has 1 aliphatic heterocycles. The normalized spacial score (nSPS) is 14.7. The maximum Gasteiger partial charge on any atom is 0.338 e. The maximum atomic E-state index is 12.9. The van der Waals surface area contributed by atoms with E-state index in [1.165, 1.54) is 23.1 Å². The molecule has 10 heteroatoms. The molecule has 8 nitrogen and oxygen atoms in total. The van der Waals surface area contributed by atoms with Crippen molar-refractivity contribution < 1.29 is 23.7 Å². The summed E-state index contributed by atoms with van der Waals surface area (Å²) >= 11 is 6.41. The number of esters is 1. The van der Waals surface area contributed by atoms with Crippen LogP contribution in [0.15, 0.2) is 70.0 Å². The number of carbonyl (C=O) groups is 2. The van der Waals surface area contributed by atoms with E-state index in [1.54, 1.807) is 55.5 Å². The van der Waals surface area contributed by atoms with Crippen LogP contribution in [0, 0.1) is 10.1 Å². The summed E-state index contributed by atoms with van der Waals surface area (Å²) in [6, 6.07) is 16.0. The van der Waals surface area contributed by atoms with Crippen LogP contribution in [-0.2, 0) is 9.53 Å². The van der Waals surface area contributed by atoms with Crippen molar-refractivity contribution in [2.75, 3.05) is 11.5 Å². The minimum atomic E-state index is -0.527. The van der Waals surface area contributed by atoms with Gasteiger partial charge in [-0.2, -0.15) is 0 Å². The topological polar surface area (TPSA) is 103 Å². The summed E-state index contributed by atoms with van der Waals surface area (Å²) < 4.78 is 11.1. The largest absolute Gasteiger partial charge is 0.462 e. The number of nitrogens with zero attached hydrogens (tertiary/aromatic N) is 2. The summed E-state index contributed by atoms with van der Waals surface area (Å²) in [5.74, 6) is 0.224. The summed E-state index contributed by atoms with van der Waals surface area (Å²) in [6.45, 7) is 2.05. The van der Waals surface area contributed by atoms with Crippen molar-refractivity contribution in [2.24, 2.45) is 0 Å². The van der Waals surface area contributed by atoms with Crippen molar-refractivity contribution in [1.29, 1.82) is 0 Å². The second-order valence-corrected chi connectivity index (χ2v) is 8.47. The van der Waals surface area contributed by atoms with E-state index in [0.717, 1.165) is 17.3 Å². The highest BCUT2D eigenvalue weighted by atomic mass is 32.2. The fourth-order valence-corrected chi connectivity index (χ4v) is 4.41. The van der Waals surface area contributed by atoms with Crippen LogP contribution >= 0.6 is 24.0 Å². The van der Waals surface area contributed by atoms with E-state index in [9.17, 15) is 19.7 Å². The number of thiocarbonyl (C=S) groups is 1. The molecule has 33 heavy (non-hydrogen) atoms.